The summed E-state index contributed by atoms with van der Waals surface area (Å²) in [7, 11) is 0. The largest absolute Gasteiger partial charge is 0.485 e. The van der Waals surface area contributed by atoms with Gasteiger partial charge < -0.3 is 4.74 Å². The van der Waals surface area contributed by atoms with Crippen LogP contribution in [0.15, 0.2) is 48.5 Å². The van der Waals surface area contributed by atoms with Crippen molar-refractivity contribution >= 4 is 0 Å². The Labute approximate surface area is 120 Å². The van der Waals surface area contributed by atoms with Crippen LogP contribution in [0.2, 0.25) is 0 Å². The zero-order chi connectivity index (χ0) is 15.5. The molecule has 2 nitrogen and oxygen atoms in total. The van der Waals surface area contributed by atoms with Crippen LogP contribution in [0.5, 0.6) is 5.75 Å². The number of hydrogen-bond donors (Lipinski definition) is 0. The van der Waals surface area contributed by atoms with Gasteiger partial charge in [-0.05, 0) is 30.7 Å². The van der Waals surface area contributed by atoms with Gasteiger partial charge in [-0.15, -0.1) is 0 Å². The molecule has 0 radical (unpaired) electrons. The Bertz CT molecular complexity index is 659. The number of alkyl halides is 3. The molecule has 0 N–H and O–H groups in total. The lowest BCUT2D eigenvalue weighted by Crippen LogP contribution is -2.07. The Hall–Kier alpha value is -2.48. The molecular weight excluding hydrogens is 279 g/mol. The van der Waals surface area contributed by atoms with E-state index in [0.717, 1.165) is 17.7 Å². The molecule has 0 spiro atoms. The van der Waals surface area contributed by atoms with Crippen LogP contribution in [-0.2, 0) is 6.18 Å². The van der Waals surface area contributed by atoms with Crippen molar-refractivity contribution in [3.05, 3.63) is 65.2 Å². The summed E-state index contributed by atoms with van der Waals surface area (Å²) in [6.07, 6.45) is -4.84. The van der Waals surface area contributed by atoms with Crippen LogP contribution in [0.3, 0.4) is 0 Å². The molecule has 0 saturated carbocycles. The summed E-state index contributed by atoms with van der Waals surface area (Å²) in [6, 6.07) is 13.9. The summed E-state index contributed by atoms with van der Waals surface area (Å²) < 4.78 is 43.4. The van der Waals surface area contributed by atoms with Crippen LogP contribution in [0.25, 0.3) is 0 Å². The number of hydrogen-bond acceptors (Lipinski definition) is 2. The predicted molar refractivity (Wildman–Crippen MR) is 71.6 cm³/mol. The van der Waals surface area contributed by atoms with E-state index in [1.165, 1.54) is 6.07 Å². The van der Waals surface area contributed by atoms with Crippen LogP contribution in [0.1, 0.15) is 29.7 Å². The normalized spacial score (nSPS) is 12.5. The van der Waals surface area contributed by atoms with Crippen LogP contribution in [0, 0.1) is 11.3 Å². The molecule has 2 aromatic carbocycles. The quantitative estimate of drug-likeness (QED) is 0.820. The van der Waals surface area contributed by atoms with E-state index < -0.39 is 11.7 Å². The summed E-state index contributed by atoms with van der Waals surface area (Å²) in [5, 5.41) is 8.99. The van der Waals surface area contributed by atoms with E-state index in [1.54, 1.807) is 13.0 Å². The summed E-state index contributed by atoms with van der Waals surface area (Å²) in [5.74, 6) is 0.141. The molecule has 1 unspecified atom stereocenters. The molecule has 0 aromatic heterocycles. The van der Waals surface area contributed by atoms with Crippen molar-refractivity contribution in [3.63, 3.8) is 0 Å². The Morgan fingerprint density at radius 3 is 2.33 bits per heavy atom. The van der Waals surface area contributed by atoms with Crippen molar-refractivity contribution in [2.45, 2.75) is 19.2 Å². The van der Waals surface area contributed by atoms with Gasteiger partial charge in [0.1, 0.15) is 17.9 Å². The topological polar surface area (TPSA) is 33.0 Å². The van der Waals surface area contributed by atoms with Crippen molar-refractivity contribution in [2.75, 3.05) is 0 Å². The second-order valence-corrected chi connectivity index (χ2v) is 4.49. The fraction of sp³-hybridized carbons (Fsp3) is 0.188. The first-order chi connectivity index (χ1) is 9.91. The Balaban J connectivity index is 2.27. The average Bonchev–Trinajstić information content (AvgIpc) is 2.47. The maximum Gasteiger partial charge on any atom is 0.416 e. The smallest absolute Gasteiger partial charge is 0.416 e. The highest BCUT2D eigenvalue weighted by atomic mass is 19.4. The van der Waals surface area contributed by atoms with Crippen molar-refractivity contribution in [3.8, 4) is 11.8 Å². The fourth-order valence-corrected chi connectivity index (χ4v) is 1.88. The molecule has 2 rings (SSSR count). The highest BCUT2D eigenvalue weighted by Crippen LogP contribution is 2.33. The minimum absolute atomic E-state index is 0.132. The SMILES string of the molecule is CC(Oc1ccc(C(F)(F)F)cc1C#N)c1ccccc1. The standard InChI is InChI=1S/C16H12F3NO/c1-11(12-5-3-2-4-6-12)21-15-8-7-14(16(17,18)19)9-13(15)10-20/h2-9,11H,1H3. The fourth-order valence-electron chi connectivity index (χ4n) is 1.88. The molecule has 0 saturated heterocycles. The van der Waals surface area contributed by atoms with E-state index in [9.17, 15) is 13.2 Å². The minimum Gasteiger partial charge on any atom is -0.485 e. The number of nitriles is 1. The number of benzene rings is 2. The van der Waals surface area contributed by atoms with Gasteiger partial charge in [0.2, 0.25) is 0 Å². The van der Waals surface area contributed by atoms with Crippen LogP contribution in [0.4, 0.5) is 13.2 Å². The highest BCUT2D eigenvalue weighted by molar-refractivity contribution is 5.46. The van der Waals surface area contributed by atoms with Gasteiger partial charge >= 0.3 is 6.18 Å². The van der Waals surface area contributed by atoms with E-state index in [4.69, 9.17) is 10.00 Å². The molecule has 1 atom stereocenters. The molecular formula is C16H12F3NO. The zero-order valence-corrected chi connectivity index (χ0v) is 11.2. The number of ether oxygens (including phenoxy) is 1. The second kappa shape index (κ2) is 5.88. The summed E-state index contributed by atoms with van der Waals surface area (Å²) in [4.78, 5) is 0. The van der Waals surface area contributed by atoms with Gasteiger partial charge in [-0.1, -0.05) is 30.3 Å². The lowest BCUT2D eigenvalue weighted by molar-refractivity contribution is -0.137. The van der Waals surface area contributed by atoms with E-state index >= 15 is 0 Å². The lowest BCUT2D eigenvalue weighted by Gasteiger charge is -2.17. The number of nitrogens with zero attached hydrogens (tertiary/aromatic N) is 1. The molecule has 0 amide bonds. The molecule has 2 aromatic rings. The third kappa shape index (κ3) is 3.54. The van der Waals surface area contributed by atoms with Gasteiger partial charge in [0, 0.05) is 0 Å². The maximum atomic E-state index is 12.6. The Morgan fingerprint density at radius 2 is 1.76 bits per heavy atom. The second-order valence-electron chi connectivity index (χ2n) is 4.49. The van der Waals surface area contributed by atoms with E-state index in [1.807, 2.05) is 30.3 Å². The van der Waals surface area contributed by atoms with Crippen molar-refractivity contribution < 1.29 is 17.9 Å². The van der Waals surface area contributed by atoms with Gasteiger partial charge in [-0.25, -0.2) is 0 Å². The first kappa shape index (κ1) is 14.9. The van der Waals surface area contributed by atoms with E-state index in [0.29, 0.717) is 0 Å². The van der Waals surface area contributed by atoms with Gasteiger partial charge in [0.05, 0.1) is 11.1 Å². The maximum absolute atomic E-state index is 12.6. The molecule has 0 bridgehead atoms. The third-order valence-corrected chi connectivity index (χ3v) is 3.00. The lowest BCUT2D eigenvalue weighted by atomic mass is 10.1. The van der Waals surface area contributed by atoms with Crippen molar-refractivity contribution in [1.29, 1.82) is 5.26 Å². The molecule has 21 heavy (non-hydrogen) atoms. The summed E-state index contributed by atoms with van der Waals surface area (Å²) in [6.45, 7) is 1.77. The molecule has 0 aliphatic heterocycles. The van der Waals surface area contributed by atoms with Gasteiger partial charge in [-0.2, -0.15) is 18.4 Å². The number of halogens is 3. The molecule has 0 heterocycles. The predicted octanol–water partition coefficient (Wildman–Crippen LogP) is 4.72. The molecule has 0 fully saturated rings. The minimum atomic E-state index is -4.48. The van der Waals surface area contributed by atoms with Gasteiger partial charge in [0.15, 0.2) is 0 Å². The Morgan fingerprint density at radius 1 is 1.10 bits per heavy atom. The van der Waals surface area contributed by atoms with Gasteiger partial charge in [0.25, 0.3) is 0 Å². The first-order valence-corrected chi connectivity index (χ1v) is 6.25. The van der Waals surface area contributed by atoms with Crippen LogP contribution >= 0.6 is 0 Å². The third-order valence-electron chi connectivity index (χ3n) is 3.00. The first-order valence-electron chi connectivity index (χ1n) is 6.25. The number of rotatable bonds is 3. The summed E-state index contributed by atoms with van der Waals surface area (Å²) >= 11 is 0. The molecule has 0 aliphatic rings. The van der Waals surface area contributed by atoms with E-state index in [-0.39, 0.29) is 17.4 Å². The van der Waals surface area contributed by atoms with Crippen molar-refractivity contribution in [1.82, 2.24) is 0 Å². The highest BCUT2D eigenvalue weighted by Gasteiger charge is 2.31. The molecule has 108 valence electrons. The molecule has 5 heteroatoms. The summed E-state index contributed by atoms with van der Waals surface area (Å²) in [5.41, 5.74) is -0.118. The Kier molecular flexibility index (Phi) is 4.18. The average molecular weight is 291 g/mol. The van der Waals surface area contributed by atoms with Gasteiger partial charge in [-0.3, -0.25) is 0 Å². The monoisotopic (exact) mass is 291 g/mol. The van der Waals surface area contributed by atoms with Crippen LogP contribution < -0.4 is 4.74 Å². The van der Waals surface area contributed by atoms with E-state index in [2.05, 4.69) is 0 Å². The molecule has 0 aliphatic carbocycles. The van der Waals surface area contributed by atoms with Crippen molar-refractivity contribution in [2.24, 2.45) is 0 Å². The zero-order valence-electron chi connectivity index (χ0n) is 11.2. The van der Waals surface area contributed by atoms with Crippen LogP contribution in [-0.4, -0.2) is 0 Å².